The first-order chi connectivity index (χ1) is 7.20. The van der Waals surface area contributed by atoms with Crippen LogP contribution in [0.3, 0.4) is 0 Å². The van der Waals surface area contributed by atoms with Crippen LogP contribution < -0.4 is 0 Å². The van der Waals surface area contributed by atoms with E-state index in [1.165, 1.54) is 6.08 Å². The predicted octanol–water partition coefficient (Wildman–Crippen LogP) is 2.18. The fourth-order valence-corrected chi connectivity index (χ4v) is 1.42. The molecule has 0 radical (unpaired) electrons. The summed E-state index contributed by atoms with van der Waals surface area (Å²) in [5, 5.41) is 0. The smallest absolute Gasteiger partial charge is 0.342 e. The van der Waals surface area contributed by atoms with Crippen LogP contribution in [0.4, 0.5) is 0 Å². The summed E-state index contributed by atoms with van der Waals surface area (Å²) in [5.41, 5.74) is 2.00. The molecule has 1 aromatic carbocycles. The van der Waals surface area contributed by atoms with Crippen molar-refractivity contribution >= 4 is 11.9 Å². The molecule has 1 aliphatic rings. The van der Waals surface area contributed by atoms with Crippen LogP contribution in [0.1, 0.15) is 17.2 Å². The van der Waals surface area contributed by atoms with E-state index in [1.54, 1.807) is 0 Å². The van der Waals surface area contributed by atoms with E-state index in [0.717, 1.165) is 11.1 Å². The van der Waals surface area contributed by atoms with Crippen molar-refractivity contribution in [3.8, 4) is 0 Å². The number of hydrogen-bond donors (Lipinski definition) is 0. The molecule has 0 saturated carbocycles. The van der Waals surface area contributed by atoms with Gasteiger partial charge in [-0.2, -0.15) is 0 Å². The van der Waals surface area contributed by atoms with Gasteiger partial charge < -0.3 is 4.74 Å². The molecule has 1 unspecified atom stereocenters. The Kier molecular flexibility index (Phi) is 2.37. The Morgan fingerprint density at radius 3 is 2.60 bits per heavy atom. The van der Waals surface area contributed by atoms with Gasteiger partial charge in [-0.15, -0.1) is 0 Å². The summed E-state index contributed by atoms with van der Waals surface area (Å²) < 4.78 is 4.90. The molecular weight excluding hydrogens is 190 g/mol. The molecule has 3 nitrogen and oxygen atoms in total. The van der Waals surface area contributed by atoms with Gasteiger partial charge in [-0.1, -0.05) is 36.4 Å². The van der Waals surface area contributed by atoms with E-state index in [9.17, 15) is 4.79 Å². The van der Waals surface area contributed by atoms with Gasteiger partial charge >= 0.3 is 5.97 Å². The number of carbonyl (C=O) groups excluding carboxylic acids is 1. The van der Waals surface area contributed by atoms with Crippen molar-refractivity contribution in [2.75, 3.05) is 0 Å². The van der Waals surface area contributed by atoms with E-state index >= 15 is 0 Å². The van der Waals surface area contributed by atoms with Crippen molar-refractivity contribution in [1.29, 1.82) is 0 Å². The summed E-state index contributed by atoms with van der Waals surface area (Å²) in [6, 6.07) is 7.14. The Morgan fingerprint density at radius 1 is 1.40 bits per heavy atom. The SMILES string of the molecule is C=CC1=NC(c2ccc(C)cc2)C(=O)O1. The second-order valence-electron chi connectivity index (χ2n) is 3.41. The van der Waals surface area contributed by atoms with Crippen LogP contribution in [-0.4, -0.2) is 11.9 Å². The largest absolute Gasteiger partial charge is 0.406 e. The molecule has 2 rings (SSSR count). The van der Waals surface area contributed by atoms with Gasteiger partial charge in [-0.3, -0.25) is 0 Å². The third kappa shape index (κ3) is 1.81. The second-order valence-corrected chi connectivity index (χ2v) is 3.41. The van der Waals surface area contributed by atoms with Crippen molar-refractivity contribution in [3.05, 3.63) is 48.0 Å². The Hall–Kier alpha value is -1.90. The van der Waals surface area contributed by atoms with E-state index in [2.05, 4.69) is 11.6 Å². The summed E-state index contributed by atoms with van der Waals surface area (Å²) in [6.45, 7) is 5.51. The lowest BCUT2D eigenvalue weighted by molar-refractivity contribution is -0.135. The summed E-state index contributed by atoms with van der Waals surface area (Å²) in [5.74, 6) is -0.0423. The number of hydrogen-bond acceptors (Lipinski definition) is 3. The van der Waals surface area contributed by atoms with Gasteiger partial charge in [0.1, 0.15) is 0 Å². The first-order valence-electron chi connectivity index (χ1n) is 4.69. The van der Waals surface area contributed by atoms with Crippen molar-refractivity contribution in [1.82, 2.24) is 0 Å². The van der Waals surface area contributed by atoms with Crippen LogP contribution in [0.2, 0.25) is 0 Å². The number of rotatable bonds is 2. The number of esters is 1. The zero-order valence-electron chi connectivity index (χ0n) is 8.43. The van der Waals surface area contributed by atoms with Crippen LogP contribution in [0.15, 0.2) is 41.9 Å². The maximum absolute atomic E-state index is 11.4. The van der Waals surface area contributed by atoms with Crippen molar-refractivity contribution in [2.24, 2.45) is 4.99 Å². The lowest BCUT2D eigenvalue weighted by atomic mass is 10.1. The number of aryl methyl sites for hydroxylation is 1. The Labute approximate surface area is 88.1 Å². The normalized spacial score (nSPS) is 19.7. The highest BCUT2D eigenvalue weighted by Gasteiger charge is 2.28. The van der Waals surface area contributed by atoms with Gasteiger partial charge in [0.2, 0.25) is 5.90 Å². The second kappa shape index (κ2) is 3.69. The standard InChI is InChI=1S/C12H11NO2/c1-3-10-13-11(12(14)15-10)9-6-4-8(2)5-7-9/h3-7,11H,1H2,2H3. The number of carbonyl (C=O) groups is 1. The number of aliphatic imine (C=N–C) groups is 1. The van der Waals surface area contributed by atoms with Gasteiger partial charge in [0, 0.05) is 0 Å². The third-order valence-electron chi connectivity index (χ3n) is 2.25. The first-order valence-corrected chi connectivity index (χ1v) is 4.69. The zero-order valence-corrected chi connectivity index (χ0v) is 8.43. The molecule has 0 saturated heterocycles. The van der Waals surface area contributed by atoms with Crippen LogP contribution in [0, 0.1) is 6.92 Å². The topological polar surface area (TPSA) is 38.7 Å². The highest BCUT2D eigenvalue weighted by Crippen LogP contribution is 2.24. The lowest BCUT2D eigenvalue weighted by Crippen LogP contribution is -2.07. The minimum atomic E-state index is -0.529. The highest BCUT2D eigenvalue weighted by molar-refractivity contribution is 6.02. The van der Waals surface area contributed by atoms with E-state index in [4.69, 9.17) is 4.74 Å². The quantitative estimate of drug-likeness (QED) is 0.688. The Morgan fingerprint density at radius 2 is 2.07 bits per heavy atom. The van der Waals surface area contributed by atoms with Crippen LogP contribution in [0.25, 0.3) is 0 Å². The van der Waals surface area contributed by atoms with Gasteiger partial charge in [-0.25, -0.2) is 9.79 Å². The summed E-state index contributed by atoms with van der Waals surface area (Å²) in [7, 11) is 0. The van der Waals surface area contributed by atoms with E-state index < -0.39 is 6.04 Å². The number of benzene rings is 1. The zero-order chi connectivity index (χ0) is 10.8. The minimum Gasteiger partial charge on any atom is -0.406 e. The number of ether oxygens (including phenoxy) is 1. The van der Waals surface area contributed by atoms with Gasteiger partial charge in [0.15, 0.2) is 6.04 Å². The van der Waals surface area contributed by atoms with Crippen LogP contribution >= 0.6 is 0 Å². The fraction of sp³-hybridized carbons (Fsp3) is 0.167. The molecule has 3 heteroatoms. The highest BCUT2D eigenvalue weighted by atomic mass is 16.6. The Balaban J connectivity index is 2.31. The molecule has 0 fully saturated rings. The maximum atomic E-state index is 11.4. The van der Waals surface area contributed by atoms with Crippen LogP contribution in [0.5, 0.6) is 0 Å². The summed E-state index contributed by atoms with van der Waals surface area (Å²) in [6.07, 6.45) is 1.44. The minimum absolute atomic E-state index is 0.297. The molecule has 15 heavy (non-hydrogen) atoms. The van der Waals surface area contributed by atoms with Crippen molar-refractivity contribution in [3.63, 3.8) is 0 Å². The van der Waals surface area contributed by atoms with Crippen molar-refractivity contribution in [2.45, 2.75) is 13.0 Å². The molecule has 1 aromatic rings. The van der Waals surface area contributed by atoms with E-state index in [-0.39, 0.29) is 5.97 Å². The Bertz CT molecular complexity index is 431. The molecule has 0 aliphatic carbocycles. The molecule has 1 heterocycles. The fourth-order valence-electron chi connectivity index (χ4n) is 1.42. The van der Waals surface area contributed by atoms with Gasteiger partial charge in [0.05, 0.1) is 0 Å². The molecular formula is C12H11NO2. The molecule has 0 aromatic heterocycles. The molecule has 0 spiro atoms. The van der Waals surface area contributed by atoms with E-state index in [1.807, 2.05) is 31.2 Å². The number of nitrogens with zero attached hydrogens (tertiary/aromatic N) is 1. The van der Waals surface area contributed by atoms with Crippen molar-refractivity contribution < 1.29 is 9.53 Å². The maximum Gasteiger partial charge on any atom is 0.342 e. The average Bonchev–Trinajstić information content (AvgIpc) is 2.61. The molecule has 1 atom stereocenters. The average molecular weight is 201 g/mol. The molecule has 0 bridgehead atoms. The van der Waals surface area contributed by atoms with E-state index in [0.29, 0.717) is 5.90 Å². The predicted molar refractivity (Wildman–Crippen MR) is 57.6 cm³/mol. The van der Waals surface area contributed by atoms with Crippen LogP contribution in [-0.2, 0) is 9.53 Å². The molecule has 1 aliphatic heterocycles. The first kappa shape index (κ1) is 9.65. The van der Waals surface area contributed by atoms with Gasteiger partial charge in [-0.05, 0) is 18.6 Å². The summed E-state index contributed by atoms with van der Waals surface area (Å²) in [4.78, 5) is 15.6. The summed E-state index contributed by atoms with van der Waals surface area (Å²) >= 11 is 0. The monoisotopic (exact) mass is 201 g/mol. The molecule has 0 N–H and O–H groups in total. The third-order valence-corrected chi connectivity index (χ3v) is 2.25. The number of cyclic esters (lactones) is 1. The lowest BCUT2D eigenvalue weighted by Gasteiger charge is -2.03. The molecule has 76 valence electrons. The van der Waals surface area contributed by atoms with Gasteiger partial charge in [0.25, 0.3) is 0 Å². The molecule has 0 amide bonds.